The lowest BCUT2D eigenvalue weighted by atomic mass is 10.2. The van der Waals surface area contributed by atoms with Crippen LogP contribution in [0.5, 0.6) is 11.5 Å². The normalized spacial score (nSPS) is 10.7. The predicted molar refractivity (Wildman–Crippen MR) is 77.4 cm³/mol. The lowest BCUT2D eigenvalue weighted by Crippen LogP contribution is -1.91. The molecule has 0 spiro atoms. The Labute approximate surface area is 115 Å². The highest BCUT2D eigenvalue weighted by Gasteiger charge is 2.06. The number of rotatable bonds is 2. The third kappa shape index (κ3) is 2.28. The number of fused-ring (bicyclic) bond motifs is 1. The van der Waals surface area contributed by atoms with Crippen molar-refractivity contribution in [3.63, 3.8) is 0 Å². The fourth-order valence-corrected chi connectivity index (χ4v) is 2.04. The number of anilines is 1. The summed E-state index contributed by atoms with van der Waals surface area (Å²) in [4.78, 5) is 4.26. The van der Waals surface area contributed by atoms with Gasteiger partial charge in [0.1, 0.15) is 17.3 Å². The van der Waals surface area contributed by atoms with Crippen molar-refractivity contribution in [1.82, 2.24) is 4.98 Å². The van der Waals surface area contributed by atoms with Crippen molar-refractivity contribution < 1.29 is 9.13 Å². The van der Waals surface area contributed by atoms with E-state index in [1.54, 1.807) is 43.5 Å². The fraction of sp³-hybridized carbons (Fsp3) is 0.0625. The SMILES string of the molecule is Cc1cc(Oc2ccnc3cc(N)ccc23)ccc1F. The Balaban J connectivity index is 2.04. The number of halogens is 1. The topological polar surface area (TPSA) is 48.1 Å². The summed E-state index contributed by atoms with van der Waals surface area (Å²) in [6.07, 6.45) is 1.66. The molecule has 0 amide bonds. The molecular formula is C16H13FN2O. The zero-order valence-electron chi connectivity index (χ0n) is 10.9. The van der Waals surface area contributed by atoms with E-state index in [0.29, 0.717) is 22.7 Å². The first kappa shape index (κ1) is 12.4. The van der Waals surface area contributed by atoms with Crippen molar-refractivity contribution in [2.45, 2.75) is 6.92 Å². The molecule has 2 N–H and O–H groups in total. The van der Waals surface area contributed by atoms with E-state index < -0.39 is 0 Å². The van der Waals surface area contributed by atoms with Crippen molar-refractivity contribution in [2.75, 3.05) is 5.73 Å². The molecule has 1 heterocycles. The Kier molecular flexibility index (Phi) is 2.99. The summed E-state index contributed by atoms with van der Waals surface area (Å²) in [6, 6.07) is 11.9. The highest BCUT2D eigenvalue weighted by Crippen LogP contribution is 2.30. The Morgan fingerprint density at radius 1 is 1.10 bits per heavy atom. The molecule has 4 heteroatoms. The smallest absolute Gasteiger partial charge is 0.138 e. The minimum Gasteiger partial charge on any atom is -0.457 e. The van der Waals surface area contributed by atoms with Crippen LogP contribution >= 0.6 is 0 Å². The molecule has 0 atom stereocenters. The van der Waals surface area contributed by atoms with Gasteiger partial charge in [-0.25, -0.2) is 4.39 Å². The van der Waals surface area contributed by atoms with E-state index in [2.05, 4.69) is 4.98 Å². The standard InChI is InChI=1S/C16H13FN2O/c1-10-8-12(3-5-14(10)17)20-16-6-7-19-15-9-11(18)2-4-13(15)16/h2-9H,18H2,1H3. The van der Waals surface area contributed by atoms with Gasteiger partial charge in [-0.2, -0.15) is 0 Å². The van der Waals surface area contributed by atoms with E-state index in [1.807, 2.05) is 6.07 Å². The van der Waals surface area contributed by atoms with Crippen LogP contribution in [-0.2, 0) is 0 Å². The number of hydrogen-bond acceptors (Lipinski definition) is 3. The number of pyridine rings is 1. The second kappa shape index (κ2) is 4.81. The average molecular weight is 268 g/mol. The number of aryl methyl sites for hydroxylation is 1. The molecule has 20 heavy (non-hydrogen) atoms. The van der Waals surface area contributed by atoms with Crippen LogP contribution in [0.25, 0.3) is 10.9 Å². The minimum atomic E-state index is -0.246. The van der Waals surface area contributed by atoms with Crippen LogP contribution in [0.1, 0.15) is 5.56 Å². The van der Waals surface area contributed by atoms with Gasteiger partial charge in [-0.15, -0.1) is 0 Å². The molecular weight excluding hydrogens is 255 g/mol. The molecule has 0 radical (unpaired) electrons. The monoisotopic (exact) mass is 268 g/mol. The molecule has 3 nitrogen and oxygen atoms in total. The van der Waals surface area contributed by atoms with Gasteiger partial charge in [0.2, 0.25) is 0 Å². The van der Waals surface area contributed by atoms with Crippen LogP contribution < -0.4 is 10.5 Å². The maximum atomic E-state index is 13.3. The highest BCUT2D eigenvalue weighted by atomic mass is 19.1. The molecule has 0 saturated carbocycles. The van der Waals surface area contributed by atoms with E-state index >= 15 is 0 Å². The first-order valence-corrected chi connectivity index (χ1v) is 6.22. The van der Waals surface area contributed by atoms with E-state index in [-0.39, 0.29) is 5.82 Å². The zero-order chi connectivity index (χ0) is 14.1. The van der Waals surface area contributed by atoms with Gasteiger partial charge >= 0.3 is 0 Å². The molecule has 0 saturated heterocycles. The molecule has 0 unspecified atom stereocenters. The quantitative estimate of drug-likeness (QED) is 0.713. The average Bonchev–Trinajstić information content (AvgIpc) is 2.43. The Morgan fingerprint density at radius 2 is 1.95 bits per heavy atom. The van der Waals surface area contributed by atoms with Gasteiger partial charge < -0.3 is 10.5 Å². The predicted octanol–water partition coefficient (Wildman–Crippen LogP) is 4.06. The van der Waals surface area contributed by atoms with Crippen LogP contribution in [0.4, 0.5) is 10.1 Å². The van der Waals surface area contributed by atoms with Crippen molar-refractivity contribution in [1.29, 1.82) is 0 Å². The van der Waals surface area contributed by atoms with Gasteiger partial charge in [0.25, 0.3) is 0 Å². The molecule has 0 aliphatic carbocycles. The third-order valence-corrected chi connectivity index (χ3v) is 3.08. The summed E-state index contributed by atoms with van der Waals surface area (Å²) in [5.41, 5.74) is 7.70. The summed E-state index contributed by atoms with van der Waals surface area (Å²) in [5, 5.41) is 0.865. The second-order valence-electron chi connectivity index (χ2n) is 4.60. The van der Waals surface area contributed by atoms with Crippen LogP contribution in [0.2, 0.25) is 0 Å². The van der Waals surface area contributed by atoms with Crippen molar-refractivity contribution in [3.05, 3.63) is 60.0 Å². The summed E-state index contributed by atoms with van der Waals surface area (Å²) < 4.78 is 19.1. The van der Waals surface area contributed by atoms with Gasteiger partial charge in [-0.1, -0.05) is 0 Å². The van der Waals surface area contributed by atoms with E-state index in [1.165, 1.54) is 6.07 Å². The maximum absolute atomic E-state index is 13.3. The molecule has 3 aromatic rings. The number of ether oxygens (including phenoxy) is 1. The van der Waals surface area contributed by atoms with E-state index in [9.17, 15) is 4.39 Å². The lowest BCUT2D eigenvalue weighted by molar-refractivity contribution is 0.485. The Morgan fingerprint density at radius 3 is 2.75 bits per heavy atom. The maximum Gasteiger partial charge on any atom is 0.138 e. The van der Waals surface area contributed by atoms with Crippen LogP contribution in [0, 0.1) is 12.7 Å². The summed E-state index contributed by atoms with van der Waals surface area (Å²) in [6.45, 7) is 1.70. The number of nitrogen functional groups attached to an aromatic ring is 1. The van der Waals surface area contributed by atoms with Crippen molar-refractivity contribution >= 4 is 16.6 Å². The number of nitrogens with zero attached hydrogens (tertiary/aromatic N) is 1. The minimum absolute atomic E-state index is 0.246. The molecule has 100 valence electrons. The molecule has 0 aliphatic rings. The van der Waals surface area contributed by atoms with Crippen molar-refractivity contribution in [3.8, 4) is 11.5 Å². The lowest BCUT2D eigenvalue weighted by Gasteiger charge is -2.09. The Hall–Kier alpha value is -2.62. The summed E-state index contributed by atoms with van der Waals surface area (Å²) >= 11 is 0. The Bertz CT molecular complexity index is 787. The molecule has 3 rings (SSSR count). The molecule has 1 aromatic heterocycles. The number of nitrogens with two attached hydrogens (primary N) is 1. The van der Waals surface area contributed by atoms with Crippen LogP contribution in [0.3, 0.4) is 0 Å². The zero-order valence-corrected chi connectivity index (χ0v) is 10.9. The summed E-state index contributed by atoms with van der Waals surface area (Å²) in [7, 11) is 0. The largest absolute Gasteiger partial charge is 0.457 e. The van der Waals surface area contributed by atoms with Gasteiger partial charge in [-0.05, 0) is 55.0 Å². The molecule has 0 bridgehead atoms. The molecule has 0 aliphatic heterocycles. The first-order chi connectivity index (χ1) is 9.63. The number of benzene rings is 2. The van der Waals surface area contributed by atoms with Crippen LogP contribution in [-0.4, -0.2) is 4.98 Å². The van der Waals surface area contributed by atoms with Crippen LogP contribution in [0.15, 0.2) is 48.7 Å². The van der Waals surface area contributed by atoms with Crippen molar-refractivity contribution in [2.24, 2.45) is 0 Å². The summed E-state index contributed by atoms with van der Waals surface area (Å²) in [5.74, 6) is 1.01. The number of hydrogen-bond donors (Lipinski definition) is 1. The third-order valence-electron chi connectivity index (χ3n) is 3.08. The number of aromatic nitrogens is 1. The second-order valence-corrected chi connectivity index (χ2v) is 4.60. The van der Waals surface area contributed by atoms with Gasteiger partial charge in [-0.3, -0.25) is 4.98 Å². The van der Waals surface area contributed by atoms with E-state index in [4.69, 9.17) is 10.5 Å². The first-order valence-electron chi connectivity index (χ1n) is 6.22. The highest BCUT2D eigenvalue weighted by molar-refractivity contribution is 5.87. The fourth-order valence-electron chi connectivity index (χ4n) is 2.04. The van der Waals surface area contributed by atoms with Gasteiger partial charge in [0.15, 0.2) is 0 Å². The molecule has 0 fully saturated rings. The van der Waals surface area contributed by atoms with Gasteiger partial charge in [0.05, 0.1) is 5.52 Å². The van der Waals surface area contributed by atoms with E-state index in [0.717, 1.165) is 10.9 Å². The van der Waals surface area contributed by atoms with Gasteiger partial charge in [0, 0.05) is 17.3 Å². The molecule has 2 aromatic carbocycles.